The summed E-state index contributed by atoms with van der Waals surface area (Å²) < 4.78 is 1.05. The first-order chi connectivity index (χ1) is 8.59. The van der Waals surface area contributed by atoms with E-state index in [1.165, 1.54) is 0 Å². The molecule has 0 saturated heterocycles. The molecule has 0 unspecified atom stereocenters. The van der Waals surface area contributed by atoms with Crippen molar-refractivity contribution >= 4 is 33.1 Å². The molecular weight excluding hydrogens is 290 g/mol. The van der Waals surface area contributed by atoms with Crippen molar-refractivity contribution in [2.24, 2.45) is 0 Å². The third-order valence-electron chi connectivity index (χ3n) is 2.84. The van der Waals surface area contributed by atoms with E-state index < -0.39 is 0 Å². The van der Waals surface area contributed by atoms with Gasteiger partial charge in [0.25, 0.3) is 0 Å². The topological polar surface area (TPSA) is 29.1 Å². The first-order valence-electron chi connectivity index (χ1n) is 5.71. The molecule has 0 bridgehead atoms. The zero-order chi connectivity index (χ0) is 13.1. The van der Waals surface area contributed by atoms with Crippen LogP contribution in [0.1, 0.15) is 22.8 Å². The maximum atomic E-state index is 11.6. The summed E-state index contributed by atoms with van der Waals surface area (Å²) in [7, 11) is 0. The first kappa shape index (κ1) is 12.8. The Labute approximate surface area is 115 Å². The zero-order valence-electron chi connectivity index (χ0n) is 10.3. The van der Waals surface area contributed by atoms with Crippen molar-refractivity contribution in [3.63, 3.8) is 0 Å². The Morgan fingerprint density at radius 1 is 1.06 bits per heavy atom. The average Bonchev–Trinajstić information content (AvgIpc) is 2.35. The normalized spacial score (nSPS) is 10.2. The third kappa shape index (κ3) is 2.62. The van der Waals surface area contributed by atoms with Crippen molar-refractivity contribution < 1.29 is 4.79 Å². The van der Waals surface area contributed by atoms with E-state index in [9.17, 15) is 4.79 Å². The average molecular weight is 304 g/mol. The second kappa shape index (κ2) is 5.36. The molecule has 92 valence electrons. The summed E-state index contributed by atoms with van der Waals surface area (Å²) >= 11 is 3.50. The molecule has 0 spiro atoms. The number of carbonyl (C=O) groups is 1. The lowest BCUT2D eigenvalue weighted by Crippen LogP contribution is -2.01. The van der Waals surface area contributed by atoms with Gasteiger partial charge in [-0.15, -0.1) is 0 Å². The van der Waals surface area contributed by atoms with E-state index in [0.717, 1.165) is 21.4 Å². The molecule has 0 saturated carbocycles. The summed E-state index contributed by atoms with van der Waals surface area (Å²) in [5.74, 6) is 0.0609. The van der Waals surface area contributed by atoms with E-state index in [1.807, 2.05) is 49.4 Å². The van der Waals surface area contributed by atoms with Crippen molar-refractivity contribution in [3.8, 4) is 0 Å². The molecule has 3 heteroatoms. The molecule has 0 aromatic heterocycles. The molecule has 18 heavy (non-hydrogen) atoms. The SMILES string of the molecule is CC(=O)c1ccccc1Nc1cccc(Br)c1C. The van der Waals surface area contributed by atoms with E-state index in [2.05, 4.69) is 21.2 Å². The minimum atomic E-state index is 0.0609. The Bertz CT molecular complexity index is 593. The molecule has 0 aliphatic rings. The van der Waals surface area contributed by atoms with E-state index in [4.69, 9.17) is 0 Å². The number of hydrogen-bond acceptors (Lipinski definition) is 2. The minimum Gasteiger partial charge on any atom is -0.355 e. The number of carbonyl (C=O) groups excluding carboxylic acids is 1. The van der Waals surface area contributed by atoms with Gasteiger partial charge in [0.05, 0.1) is 0 Å². The van der Waals surface area contributed by atoms with Gasteiger partial charge in [-0.3, -0.25) is 4.79 Å². The number of rotatable bonds is 3. The number of anilines is 2. The fourth-order valence-electron chi connectivity index (χ4n) is 1.79. The summed E-state index contributed by atoms with van der Waals surface area (Å²) in [6.45, 7) is 3.61. The maximum absolute atomic E-state index is 11.6. The van der Waals surface area contributed by atoms with Gasteiger partial charge in [0.15, 0.2) is 5.78 Å². The number of benzene rings is 2. The molecule has 1 N–H and O–H groups in total. The van der Waals surface area contributed by atoms with Crippen LogP contribution in [0.5, 0.6) is 0 Å². The summed E-state index contributed by atoms with van der Waals surface area (Å²) in [5, 5.41) is 3.31. The van der Waals surface area contributed by atoms with Gasteiger partial charge in [0, 0.05) is 21.4 Å². The lowest BCUT2D eigenvalue weighted by Gasteiger charge is -2.13. The molecule has 0 atom stereocenters. The first-order valence-corrected chi connectivity index (χ1v) is 6.51. The molecule has 0 amide bonds. The highest BCUT2D eigenvalue weighted by Crippen LogP contribution is 2.28. The van der Waals surface area contributed by atoms with Crippen molar-refractivity contribution in [2.75, 3.05) is 5.32 Å². The lowest BCUT2D eigenvalue weighted by molar-refractivity contribution is 0.101. The number of para-hydroxylation sites is 1. The van der Waals surface area contributed by atoms with Crippen LogP contribution < -0.4 is 5.32 Å². The Morgan fingerprint density at radius 2 is 1.72 bits per heavy atom. The van der Waals surface area contributed by atoms with Crippen molar-refractivity contribution in [1.82, 2.24) is 0 Å². The van der Waals surface area contributed by atoms with Crippen molar-refractivity contribution in [2.45, 2.75) is 13.8 Å². The van der Waals surface area contributed by atoms with Crippen LogP contribution in [0.2, 0.25) is 0 Å². The van der Waals surface area contributed by atoms with E-state index in [-0.39, 0.29) is 5.78 Å². The number of ketones is 1. The summed E-state index contributed by atoms with van der Waals surface area (Å²) in [5.41, 5.74) is 3.66. The van der Waals surface area contributed by atoms with Gasteiger partial charge in [-0.1, -0.05) is 34.1 Å². The Kier molecular flexibility index (Phi) is 3.82. The molecule has 0 heterocycles. The van der Waals surface area contributed by atoms with Crippen LogP contribution in [0, 0.1) is 6.92 Å². The number of nitrogens with one attached hydrogen (secondary N) is 1. The molecule has 2 rings (SSSR count). The minimum absolute atomic E-state index is 0.0609. The van der Waals surface area contributed by atoms with Crippen LogP contribution in [0.15, 0.2) is 46.9 Å². The van der Waals surface area contributed by atoms with Crippen LogP contribution in [0.4, 0.5) is 11.4 Å². The van der Waals surface area contributed by atoms with Crippen LogP contribution in [-0.2, 0) is 0 Å². The van der Waals surface area contributed by atoms with Crippen molar-refractivity contribution in [1.29, 1.82) is 0 Å². The highest BCUT2D eigenvalue weighted by molar-refractivity contribution is 9.10. The number of halogens is 1. The largest absolute Gasteiger partial charge is 0.355 e. The summed E-state index contributed by atoms with van der Waals surface area (Å²) in [6.07, 6.45) is 0. The van der Waals surface area contributed by atoms with E-state index >= 15 is 0 Å². The molecule has 2 aromatic rings. The molecule has 2 nitrogen and oxygen atoms in total. The van der Waals surface area contributed by atoms with Gasteiger partial charge in [-0.25, -0.2) is 0 Å². The lowest BCUT2D eigenvalue weighted by atomic mass is 10.1. The fourth-order valence-corrected chi connectivity index (χ4v) is 2.15. The Hall–Kier alpha value is -1.61. The van der Waals surface area contributed by atoms with Crippen LogP contribution in [-0.4, -0.2) is 5.78 Å². The van der Waals surface area contributed by atoms with Gasteiger partial charge in [0.2, 0.25) is 0 Å². The third-order valence-corrected chi connectivity index (χ3v) is 3.70. The van der Waals surface area contributed by atoms with Gasteiger partial charge in [0.1, 0.15) is 0 Å². The van der Waals surface area contributed by atoms with E-state index in [0.29, 0.717) is 5.56 Å². The van der Waals surface area contributed by atoms with Crippen molar-refractivity contribution in [3.05, 3.63) is 58.1 Å². The highest BCUT2D eigenvalue weighted by Gasteiger charge is 2.08. The molecular formula is C15H14BrNO. The second-order valence-corrected chi connectivity index (χ2v) is 4.99. The van der Waals surface area contributed by atoms with Gasteiger partial charge in [-0.05, 0) is 43.7 Å². The molecule has 0 radical (unpaired) electrons. The predicted molar refractivity (Wildman–Crippen MR) is 78.6 cm³/mol. The number of hydrogen-bond donors (Lipinski definition) is 1. The second-order valence-electron chi connectivity index (χ2n) is 4.14. The Balaban J connectivity index is 2.40. The number of Topliss-reactive ketones (excluding diaryl/α,β-unsaturated/α-hetero) is 1. The fraction of sp³-hybridized carbons (Fsp3) is 0.133. The van der Waals surface area contributed by atoms with Gasteiger partial charge < -0.3 is 5.32 Å². The predicted octanol–water partition coefficient (Wildman–Crippen LogP) is 4.70. The quantitative estimate of drug-likeness (QED) is 0.832. The standard InChI is InChI=1S/C15H14BrNO/c1-10-13(16)7-5-9-14(10)17-15-8-4-3-6-12(15)11(2)18/h3-9,17H,1-2H3. The summed E-state index contributed by atoms with van der Waals surface area (Å²) in [4.78, 5) is 11.6. The molecule has 0 aliphatic heterocycles. The van der Waals surface area contributed by atoms with Crippen LogP contribution in [0.25, 0.3) is 0 Å². The Morgan fingerprint density at radius 3 is 2.44 bits per heavy atom. The summed E-state index contributed by atoms with van der Waals surface area (Å²) in [6, 6.07) is 13.5. The highest BCUT2D eigenvalue weighted by atomic mass is 79.9. The molecule has 0 fully saturated rings. The smallest absolute Gasteiger partial charge is 0.161 e. The zero-order valence-corrected chi connectivity index (χ0v) is 11.9. The monoisotopic (exact) mass is 303 g/mol. The van der Waals surface area contributed by atoms with Gasteiger partial charge in [-0.2, -0.15) is 0 Å². The molecule has 2 aromatic carbocycles. The van der Waals surface area contributed by atoms with Crippen LogP contribution in [0.3, 0.4) is 0 Å². The molecule has 0 aliphatic carbocycles. The maximum Gasteiger partial charge on any atom is 0.161 e. The van der Waals surface area contributed by atoms with Crippen LogP contribution >= 0.6 is 15.9 Å². The van der Waals surface area contributed by atoms with Gasteiger partial charge >= 0.3 is 0 Å². The van der Waals surface area contributed by atoms with E-state index in [1.54, 1.807) is 6.92 Å².